The van der Waals surface area contributed by atoms with Gasteiger partial charge in [-0.05, 0) is 25.3 Å². The lowest BCUT2D eigenvalue weighted by Gasteiger charge is -2.11. The molecule has 5 heteroatoms. The lowest BCUT2D eigenvalue weighted by Crippen LogP contribution is -2.11. The van der Waals surface area contributed by atoms with Crippen molar-refractivity contribution >= 4 is 5.97 Å². The largest absolute Gasteiger partial charge is 0.460 e. The molecule has 0 aliphatic heterocycles. The molecule has 1 N–H and O–H groups in total. The van der Waals surface area contributed by atoms with Gasteiger partial charge in [-0.15, -0.1) is 10.2 Å². The first-order valence-electron chi connectivity index (χ1n) is 6.42. The molecule has 0 atom stereocenters. The van der Waals surface area contributed by atoms with Crippen molar-refractivity contribution in [3.63, 3.8) is 0 Å². The Balaban J connectivity index is 1.89. The fourth-order valence-corrected chi connectivity index (χ4v) is 2.31. The highest BCUT2D eigenvalue weighted by molar-refractivity contribution is 5.85. The predicted octanol–water partition coefficient (Wildman–Crippen LogP) is 2.06. The third-order valence-corrected chi connectivity index (χ3v) is 3.49. The van der Waals surface area contributed by atoms with Crippen LogP contribution >= 0.6 is 0 Å². The van der Waals surface area contributed by atoms with E-state index in [9.17, 15) is 4.79 Å². The second kappa shape index (κ2) is 4.50. The number of H-pyrrole nitrogens is 1. The Hall–Kier alpha value is -2.17. The fourth-order valence-electron chi connectivity index (χ4n) is 2.31. The van der Waals surface area contributed by atoms with E-state index in [0.29, 0.717) is 6.61 Å². The smallest absolute Gasteiger partial charge is 0.376 e. The molecule has 1 aromatic carbocycles. The van der Waals surface area contributed by atoms with Gasteiger partial charge < -0.3 is 9.72 Å². The molecule has 1 heterocycles. The Labute approximate surface area is 111 Å². The van der Waals surface area contributed by atoms with E-state index in [1.54, 1.807) is 6.92 Å². The van der Waals surface area contributed by atoms with Gasteiger partial charge in [-0.25, -0.2) is 4.79 Å². The minimum absolute atomic E-state index is 0.0982. The molecule has 0 radical (unpaired) electrons. The molecule has 0 unspecified atom stereocenters. The zero-order valence-corrected chi connectivity index (χ0v) is 10.7. The Bertz CT molecular complexity index is 588. The van der Waals surface area contributed by atoms with Gasteiger partial charge >= 0.3 is 5.97 Å². The zero-order chi connectivity index (χ0) is 13.3. The summed E-state index contributed by atoms with van der Waals surface area (Å²) in [5, 5.41) is 8.01. The Morgan fingerprint density at radius 3 is 2.68 bits per heavy atom. The molecule has 1 fully saturated rings. The van der Waals surface area contributed by atoms with Crippen LogP contribution in [-0.4, -0.2) is 27.8 Å². The third-order valence-electron chi connectivity index (χ3n) is 3.49. The van der Waals surface area contributed by atoms with E-state index in [4.69, 9.17) is 4.74 Å². The molecule has 3 rings (SSSR count). The van der Waals surface area contributed by atoms with Crippen molar-refractivity contribution in [3.05, 3.63) is 47.5 Å². The Kier molecular flexibility index (Phi) is 2.81. The number of aromatic nitrogens is 3. The van der Waals surface area contributed by atoms with Gasteiger partial charge in [0.25, 0.3) is 0 Å². The number of hydrogen-bond acceptors (Lipinski definition) is 4. The van der Waals surface area contributed by atoms with Crippen molar-refractivity contribution < 1.29 is 9.53 Å². The number of nitrogens with one attached hydrogen (secondary N) is 1. The van der Waals surface area contributed by atoms with Gasteiger partial charge in [0.15, 0.2) is 0 Å². The van der Waals surface area contributed by atoms with Crippen LogP contribution in [0.4, 0.5) is 0 Å². The van der Waals surface area contributed by atoms with E-state index in [2.05, 4.69) is 27.3 Å². The van der Waals surface area contributed by atoms with E-state index in [0.717, 1.165) is 18.7 Å². The number of esters is 1. The summed E-state index contributed by atoms with van der Waals surface area (Å²) in [5.74, 6) is 0.478. The van der Waals surface area contributed by atoms with Crippen molar-refractivity contribution in [1.82, 2.24) is 15.2 Å². The third kappa shape index (κ3) is 2.01. The highest BCUT2D eigenvalue weighted by Crippen LogP contribution is 2.51. The van der Waals surface area contributed by atoms with Crippen molar-refractivity contribution in [3.8, 4) is 0 Å². The van der Waals surface area contributed by atoms with Gasteiger partial charge in [-0.3, -0.25) is 0 Å². The van der Waals surface area contributed by atoms with Crippen molar-refractivity contribution in [2.45, 2.75) is 25.2 Å². The molecule has 98 valence electrons. The van der Waals surface area contributed by atoms with E-state index in [1.807, 2.05) is 18.2 Å². The second-order valence-electron chi connectivity index (χ2n) is 4.69. The van der Waals surface area contributed by atoms with E-state index in [1.165, 1.54) is 5.56 Å². The number of carbonyl (C=O) groups is 1. The SMILES string of the molecule is CCOC(=O)c1nnc(C2(c3ccccc3)CC2)[nH]1. The first-order chi connectivity index (χ1) is 9.26. The average molecular weight is 257 g/mol. The maximum Gasteiger partial charge on any atom is 0.376 e. The lowest BCUT2D eigenvalue weighted by atomic mass is 9.95. The number of nitrogens with zero attached hydrogens (tertiary/aromatic N) is 2. The molecular formula is C14H15N3O2. The van der Waals surface area contributed by atoms with Gasteiger partial charge in [-0.2, -0.15) is 0 Å². The molecule has 2 aromatic rings. The lowest BCUT2D eigenvalue weighted by molar-refractivity contribution is 0.0512. The highest BCUT2D eigenvalue weighted by atomic mass is 16.5. The number of rotatable bonds is 4. The van der Waals surface area contributed by atoms with E-state index >= 15 is 0 Å². The summed E-state index contributed by atoms with van der Waals surface area (Å²) in [7, 11) is 0. The summed E-state index contributed by atoms with van der Waals surface area (Å²) in [4.78, 5) is 14.6. The van der Waals surface area contributed by atoms with Crippen LogP contribution in [0.15, 0.2) is 30.3 Å². The number of carbonyl (C=O) groups excluding carboxylic acids is 1. The van der Waals surface area contributed by atoms with Gasteiger partial charge in [0.1, 0.15) is 5.82 Å². The van der Waals surface area contributed by atoms with Crippen LogP contribution in [0.3, 0.4) is 0 Å². The van der Waals surface area contributed by atoms with Crippen molar-refractivity contribution in [2.75, 3.05) is 6.61 Å². The molecule has 0 amide bonds. The summed E-state index contributed by atoms with van der Waals surface area (Å²) >= 11 is 0. The van der Waals surface area contributed by atoms with Crippen molar-refractivity contribution in [1.29, 1.82) is 0 Å². The molecule has 5 nitrogen and oxygen atoms in total. The molecule has 0 saturated heterocycles. The monoisotopic (exact) mass is 257 g/mol. The van der Waals surface area contributed by atoms with Crippen LogP contribution in [0.5, 0.6) is 0 Å². The molecule has 1 aromatic heterocycles. The topological polar surface area (TPSA) is 67.9 Å². The van der Waals surface area contributed by atoms with Crippen LogP contribution in [0.2, 0.25) is 0 Å². The minimum atomic E-state index is -0.454. The zero-order valence-electron chi connectivity index (χ0n) is 10.7. The van der Waals surface area contributed by atoms with Gasteiger partial charge in [0.2, 0.25) is 5.82 Å². The second-order valence-corrected chi connectivity index (χ2v) is 4.69. The average Bonchev–Trinajstić information content (AvgIpc) is 3.10. The number of benzene rings is 1. The summed E-state index contributed by atoms with van der Waals surface area (Å²) in [5.41, 5.74) is 1.11. The molecule has 1 saturated carbocycles. The quantitative estimate of drug-likeness (QED) is 0.851. The van der Waals surface area contributed by atoms with E-state index in [-0.39, 0.29) is 11.2 Å². The van der Waals surface area contributed by atoms with Crippen LogP contribution < -0.4 is 0 Å². The maximum atomic E-state index is 11.6. The number of ether oxygens (including phenoxy) is 1. The van der Waals surface area contributed by atoms with Crippen LogP contribution in [0, 0.1) is 0 Å². The Morgan fingerprint density at radius 2 is 2.05 bits per heavy atom. The summed E-state index contributed by atoms with van der Waals surface area (Å²) in [6, 6.07) is 10.2. The van der Waals surface area contributed by atoms with Gasteiger partial charge in [0.05, 0.1) is 12.0 Å². The summed E-state index contributed by atoms with van der Waals surface area (Å²) in [6.07, 6.45) is 2.04. The fraction of sp³-hybridized carbons (Fsp3) is 0.357. The van der Waals surface area contributed by atoms with Gasteiger partial charge in [0, 0.05) is 0 Å². The van der Waals surface area contributed by atoms with E-state index < -0.39 is 5.97 Å². The summed E-state index contributed by atoms with van der Waals surface area (Å²) in [6.45, 7) is 2.10. The maximum absolute atomic E-state index is 11.6. The first-order valence-corrected chi connectivity index (χ1v) is 6.42. The molecule has 1 aliphatic rings. The predicted molar refractivity (Wildman–Crippen MR) is 68.8 cm³/mol. The van der Waals surface area contributed by atoms with Gasteiger partial charge in [-0.1, -0.05) is 30.3 Å². The molecule has 1 aliphatic carbocycles. The van der Waals surface area contributed by atoms with Crippen LogP contribution in [0.1, 0.15) is 41.8 Å². The number of hydrogen-bond donors (Lipinski definition) is 1. The summed E-state index contributed by atoms with van der Waals surface area (Å²) < 4.78 is 4.91. The molecule has 19 heavy (non-hydrogen) atoms. The Morgan fingerprint density at radius 1 is 1.32 bits per heavy atom. The van der Waals surface area contributed by atoms with Crippen LogP contribution in [-0.2, 0) is 10.2 Å². The number of aromatic amines is 1. The normalized spacial score (nSPS) is 16.1. The molecule has 0 bridgehead atoms. The first kappa shape index (κ1) is 11.9. The standard InChI is InChI=1S/C14H15N3O2/c1-2-19-12(18)11-15-13(17-16-11)14(8-9-14)10-6-4-3-5-7-10/h3-7H,2,8-9H2,1H3,(H,15,16,17). The van der Waals surface area contributed by atoms with Crippen molar-refractivity contribution in [2.24, 2.45) is 0 Å². The minimum Gasteiger partial charge on any atom is -0.460 e. The van der Waals surface area contributed by atoms with Crippen LogP contribution in [0.25, 0.3) is 0 Å². The highest BCUT2D eigenvalue weighted by Gasteiger charge is 2.49. The molecule has 0 spiro atoms. The molecular weight excluding hydrogens is 242 g/mol.